The van der Waals surface area contributed by atoms with Crippen LogP contribution >= 0.6 is 11.6 Å². The maximum atomic E-state index is 9.12. The second kappa shape index (κ2) is 3.84. The van der Waals surface area contributed by atoms with Gasteiger partial charge in [-0.25, -0.2) is 0 Å². The molecule has 0 spiro atoms. The molecule has 0 amide bonds. The van der Waals surface area contributed by atoms with E-state index >= 15 is 0 Å². The van der Waals surface area contributed by atoms with Crippen molar-refractivity contribution in [1.29, 1.82) is 5.26 Å². The Bertz CT molecular complexity index is 389. The Morgan fingerprint density at radius 3 is 2.40 bits per heavy atom. The minimum absolute atomic E-state index is 0.125. The third kappa shape index (κ3) is 1.86. The number of hydrogen-bond donors (Lipinski definition) is 0. The molecule has 1 saturated carbocycles. The molecule has 3 heteroatoms. The predicted molar refractivity (Wildman–Crippen MR) is 58.5 cm³/mol. The van der Waals surface area contributed by atoms with Crippen LogP contribution in [0.3, 0.4) is 0 Å². The summed E-state index contributed by atoms with van der Waals surface area (Å²) in [4.78, 5) is 0. The summed E-state index contributed by atoms with van der Waals surface area (Å²) in [6.45, 7) is 0. The summed E-state index contributed by atoms with van der Waals surface area (Å²) < 4.78 is 5.43. The molecule has 1 aliphatic carbocycles. The van der Waals surface area contributed by atoms with E-state index in [0.29, 0.717) is 5.02 Å². The van der Waals surface area contributed by atoms with E-state index in [4.69, 9.17) is 21.6 Å². The van der Waals surface area contributed by atoms with Crippen LogP contribution in [0.1, 0.15) is 24.5 Å². The summed E-state index contributed by atoms with van der Waals surface area (Å²) in [6.07, 6.45) is 1.72. The number of nitriles is 1. The van der Waals surface area contributed by atoms with Crippen LogP contribution in [-0.4, -0.2) is 7.11 Å². The zero-order valence-electron chi connectivity index (χ0n) is 8.53. The van der Waals surface area contributed by atoms with Gasteiger partial charge < -0.3 is 4.74 Å². The van der Waals surface area contributed by atoms with E-state index in [-0.39, 0.29) is 11.5 Å². The van der Waals surface area contributed by atoms with Crippen LogP contribution < -0.4 is 0 Å². The van der Waals surface area contributed by atoms with E-state index in [1.165, 1.54) is 0 Å². The monoisotopic (exact) mass is 221 g/mol. The maximum Gasteiger partial charge on any atom is 0.101 e. The fourth-order valence-electron chi connectivity index (χ4n) is 1.89. The lowest BCUT2D eigenvalue weighted by molar-refractivity contribution is 0.0610. The molecule has 0 aromatic heterocycles. The van der Waals surface area contributed by atoms with Gasteiger partial charge in [-0.3, -0.25) is 0 Å². The molecule has 1 aromatic rings. The molecule has 1 aliphatic rings. The highest BCUT2D eigenvalue weighted by Crippen LogP contribution is 2.55. The quantitative estimate of drug-likeness (QED) is 0.785. The van der Waals surface area contributed by atoms with Crippen molar-refractivity contribution in [2.75, 3.05) is 7.11 Å². The van der Waals surface area contributed by atoms with Gasteiger partial charge in [-0.1, -0.05) is 23.7 Å². The van der Waals surface area contributed by atoms with Gasteiger partial charge in [0.15, 0.2) is 0 Å². The molecular weight excluding hydrogens is 210 g/mol. The Labute approximate surface area is 94.4 Å². The Morgan fingerprint density at radius 1 is 1.40 bits per heavy atom. The van der Waals surface area contributed by atoms with Crippen LogP contribution in [0, 0.1) is 16.7 Å². The van der Waals surface area contributed by atoms with Gasteiger partial charge in [0.25, 0.3) is 0 Å². The lowest BCUT2D eigenvalue weighted by Crippen LogP contribution is -2.14. The van der Waals surface area contributed by atoms with Crippen LogP contribution in [0.15, 0.2) is 24.3 Å². The second-order valence-electron chi connectivity index (χ2n) is 3.94. The number of methoxy groups -OCH3 is 1. The minimum Gasteiger partial charge on any atom is -0.375 e. The highest BCUT2D eigenvalue weighted by Gasteiger charge is 2.51. The van der Waals surface area contributed by atoms with Gasteiger partial charge in [0.2, 0.25) is 0 Å². The molecule has 0 aliphatic heterocycles. The van der Waals surface area contributed by atoms with Crippen LogP contribution in [0.2, 0.25) is 5.02 Å². The van der Waals surface area contributed by atoms with E-state index in [2.05, 4.69) is 6.07 Å². The molecule has 1 atom stereocenters. The van der Waals surface area contributed by atoms with Crippen molar-refractivity contribution < 1.29 is 4.74 Å². The maximum absolute atomic E-state index is 9.12. The minimum atomic E-state index is -0.303. The Kier molecular flexibility index (Phi) is 2.68. The van der Waals surface area contributed by atoms with Crippen molar-refractivity contribution in [3.63, 3.8) is 0 Å². The van der Waals surface area contributed by atoms with Crippen molar-refractivity contribution >= 4 is 11.6 Å². The highest BCUT2D eigenvalue weighted by molar-refractivity contribution is 6.30. The van der Waals surface area contributed by atoms with Gasteiger partial charge in [0.1, 0.15) is 6.10 Å². The molecule has 2 nitrogen and oxygen atoms in total. The van der Waals surface area contributed by atoms with E-state index in [1.807, 2.05) is 24.3 Å². The third-order valence-corrected chi connectivity index (χ3v) is 3.17. The molecule has 0 bridgehead atoms. The van der Waals surface area contributed by atoms with Crippen LogP contribution in [0.4, 0.5) is 0 Å². The largest absolute Gasteiger partial charge is 0.375 e. The first kappa shape index (κ1) is 10.5. The number of benzene rings is 1. The normalized spacial score (nSPS) is 19.3. The fourth-order valence-corrected chi connectivity index (χ4v) is 2.01. The molecule has 0 N–H and O–H groups in total. The Balaban J connectivity index is 2.28. The summed E-state index contributed by atoms with van der Waals surface area (Å²) in [7, 11) is 1.65. The molecule has 0 unspecified atom stereocenters. The number of halogens is 1. The van der Waals surface area contributed by atoms with E-state index in [9.17, 15) is 0 Å². The smallest absolute Gasteiger partial charge is 0.101 e. The molecule has 78 valence electrons. The highest BCUT2D eigenvalue weighted by atomic mass is 35.5. The zero-order chi connectivity index (χ0) is 10.9. The number of nitrogens with zero attached hydrogens (tertiary/aromatic N) is 1. The van der Waals surface area contributed by atoms with Gasteiger partial charge in [0, 0.05) is 12.1 Å². The van der Waals surface area contributed by atoms with Crippen molar-refractivity contribution in [1.82, 2.24) is 0 Å². The lowest BCUT2D eigenvalue weighted by Gasteiger charge is -2.20. The van der Waals surface area contributed by atoms with Crippen molar-refractivity contribution in [3.8, 4) is 6.07 Å². The zero-order valence-corrected chi connectivity index (χ0v) is 9.29. The molecule has 0 heterocycles. The predicted octanol–water partition coefficient (Wildman–Crippen LogP) is 3.33. The van der Waals surface area contributed by atoms with E-state index in [1.54, 1.807) is 7.11 Å². The van der Waals surface area contributed by atoms with Crippen LogP contribution in [-0.2, 0) is 4.74 Å². The SMILES string of the molecule is CO[C@H](c1ccc(Cl)cc1)C1(C#N)CC1. The molecule has 0 saturated heterocycles. The Morgan fingerprint density at radius 2 is 2.00 bits per heavy atom. The Hall–Kier alpha value is -1.04. The first-order chi connectivity index (χ1) is 7.22. The van der Waals surface area contributed by atoms with Gasteiger partial charge in [-0.05, 0) is 30.5 Å². The topological polar surface area (TPSA) is 33.0 Å². The first-order valence-corrected chi connectivity index (χ1v) is 5.29. The molecule has 1 fully saturated rings. The van der Waals surface area contributed by atoms with Gasteiger partial charge in [-0.2, -0.15) is 5.26 Å². The third-order valence-electron chi connectivity index (χ3n) is 2.92. The van der Waals surface area contributed by atoms with Crippen molar-refractivity contribution in [2.24, 2.45) is 5.41 Å². The average molecular weight is 222 g/mol. The standard InChI is InChI=1S/C12H12ClNO/c1-15-11(12(8-14)6-7-12)9-2-4-10(13)5-3-9/h2-5,11H,6-7H2,1H3/t11-/m1/s1. The first-order valence-electron chi connectivity index (χ1n) is 4.91. The van der Waals surface area contributed by atoms with Crippen molar-refractivity contribution in [2.45, 2.75) is 18.9 Å². The van der Waals surface area contributed by atoms with Gasteiger partial charge in [-0.15, -0.1) is 0 Å². The molecule has 1 aromatic carbocycles. The van der Waals surface area contributed by atoms with Crippen LogP contribution in [0.25, 0.3) is 0 Å². The second-order valence-corrected chi connectivity index (χ2v) is 4.37. The molecule has 15 heavy (non-hydrogen) atoms. The number of hydrogen-bond acceptors (Lipinski definition) is 2. The summed E-state index contributed by atoms with van der Waals surface area (Å²) >= 11 is 5.82. The van der Waals surface area contributed by atoms with Crippen molar-refractivity contribution in [3.05, 3.63) is 34.9 Å². The molecular formula is C12H12ClNO. The van der Waals surface area contributed by atoms with E-state index < -0.39 is 0 Å². The van der Waals surface area contributed by atoms with Gasteiger partial charge >= 0.3 is 0 Å². The number of ether oxygens (including phenoxy) is 1. The van der Waals surface area contributed by atoms with Crippen LogP contribution in [0.5, 0.6) is 0 Å². The number of rotatable bonds is 3. The average Bonchev–Trinajstić information content (AvgIpc) is 3.03. The summed E-state index contributed by atoms with van der Waals surface area (Å²) in [5.74, 6) is 0. The summed E-state index contributed by atoms with van der Waals surface area (Å²) in [5.41, 5.74) is 0.726. The summed E-state index contributed by atoms with van der Waals surface area (Å²) in [6, 6.07) is 9.87. The lowest BCUT2D eigenvalue weighted by atomic mass is 9.94. The fraction of sp³-hybridized carbons (Fsp3) is 0.417. The molecule has 2 rings (SSSR count). The van der Waals surface area contributed by atoms with E-state index in [0.717, 1.165) is 18.4 Å². The van der Waals surface area contributed by atoms with Gasteiger partial charge in [0.05, 0.1) is 11.5 Å². The summed E-state index contributed by atoms with van der Waals surface area (Å²) in [5, 5.41) is 9.82. The molecule has 0 radical (unpaired) electrons.